The standard InChI is InChI=1S/C12H22N2O/c1-2-8-14(7-1)11-9-12(15-10-11)3-5-13-6-4-12/h11,13H,1-10H2/t11-/m1/s1. The minimum atomic E-state index is 0.249. The fourth-order valence-corrected chi connectivity index (χ4v) is 3.39. The fraction of sp³-hybridized carbons (Fsp3) is 1.00. The molecule has 3 aliphatic heterocycles. The quantitative estimate of drug-likeness (QED) is 0.698. The Morgan fingerprint density at radius 2 is 1.87 bits per heavy atom. The van der Waals surface area contributed by atoms with Crippen molar-refractivity contribution >= 4 is 0 Å². The van der Waals surface area contributed by atoms with Gasteiger partial charge >= 0.3 is 0 Å². The summed E-state index contributed by atoms with van der Waals surface area (Å²) >= 11 is 0. The molecule has 0 bridgehead atoms. The molecule has 0 aromatic carbocycles. The summed E-state index contributed by atoms with van der Waals surface area (Å²) in [6.07, 6.45) is 6.51. The molecule has 0 saturated carbocycles. The maximum absolute atomic E-state index is 6.12. The molecule has 0 radical (unpaired) electrons. The Balaban J connectivity index is 1.61. The van der Waals surface area contributed by atoms with Crippen LogP contribution in [0.3, 0.4) is 0 Å². The lowest BCUT2D eigenvalue weighted by atomic mass is 9.88. The van der Waals surface area contributed by atoms with E-state index in [1.54, 1.807) is 0 Å². The maximum atomic E-state index is 6.12. The molecular weight excluding hydrogens is 188 g/mol. The summed E-state index contributed by atoms with van der Waals surface area (Å²) in [4.78, 5) is 2.65. The van der Waals surface area contributed by atoms with Gasteiger partial charge in [0, 0.05) is 6.04 Å². The lowest BCUT2D eigenvalue weighted by molar-refractivity contribution is -0.0200. The minimum absolute atomic E-state index is 0.249. The van der Waals surface area contributed by atoms with E-state index < -0.39 is 0 Å². The number of nitrogens with one attached hydrogen (secondary N) is 1. The van der Waals surface area contributed by atoms with E-state index in [4.69, 9.17) is 4.74 Å². The zero-order valence-electron chi connectivity index (χ0n) is 9.50. The smallest absolute Gasteiger partial charge is 0.0723 e. The number of hydrogen-bond donors (Lipinski definition) is 1. The van der Waals surface area contributed by atoms with Gasteiger partial charge in [0.25, 0.3) is 0 Å². The first-order valence-electron chi connectivity index (χ1n) is 6.47. The molecule has 0 aliphatic carbocycles. The molecule has 3 heteroatoms. The highest BCUT2D eigenvalue weighted by atomic mass is 16.5. The van der Waals surface area contributed by atoms with Crippen molar-refractivity contribution < 1.29 is 4.74 Å². The number of likely N-dealkylation sites (tertiary alicyclic amines) is 1. The van der Waals surface area contributed by atoms with E-state index in [2.05, 4.69) is 10.2 Å². The predicted octanol–water partition coefficient (Wildman–Crippen LogP) is 0.993. The molecule has 3 nitrogen and oxygen atoms in total. The largest absolute Gasteiger partial charge is 0.373 e. The summed E-state index contributed by atoms with van der Waals surface area (Å²) in [5.41, 5.74) is 0.249. The van der Waals surface area contributed by atoms with E-state index in [9.17, 15) is 0 Å². The van der Waals surface area contributed by atoms with Crippen molar-refractivity contribution in [3.05, 3.63) is 0 Å². The van der Waals surface area contributed by atoms with Gasteiger partial charge in [-0.1, -0.05) is 0 Å². The molecule has 86 valence electrons. The van der Waals surface area contributed by atoms with Crippen molar-refractivity contribution in [2.45, 2.75) is 43.7 Å². The van der Waals surface area contributed by atoms with E-state index >= 15 is 0 Å². The normalized spacial score (nSPS) is 36.4. The van der Waals surface area contributed by atoms with E-state index in [-0.39, 0.29) is 5.60 Å². The SMILES string of the molecule is C1CCN([C@H]2COC3(CCNCC3)C2)C1. The second-order valence-electron chi connectivity index (χ2n) is 5.35. The van der Waals surface area contributed by atoms with Crippen molar-refractivity contribution in [3.8, 4) is 0 Å². The van der Waals surface area contributed by atoms with Crippen LogP contribution in [0, 0.1) is 0 Å². The lowest BCUT2D eigenvalue weighted by Crippen LogP contribution is -2.42. The Hall–Kier alpha value is -0.120. The average molecular weight is 210 g/mol. The van der Waals surface area contributed by atoms with Gasteiger partial charge in [0.05, 0.1) is 12.2 Å². The lowest BCUT2D eigenvalue weighted by Gasteiger charge is -2.33. The third-order valence-corrected chi connectivity index (χ3v) is 4.36. The Morgan fingerprint density at radius 1 is 1.13 bits per heavy atom. The summed E-state index contributed by atoms with van der Waals surface area (Å²) in [6.45, 7) is 5.89. The highest BCUT2D eigenvalue weighted by Gasteiger charge is 2.43. The minimum Gasteiger partial charge on any atom is -0.373 e. The van der Waals surface area contributed by atoms with E-state index in [0.29, 0.717) is 0 Å². The third-order valence-electron chi connectivity index (χ3n) is 4.36. The van der Waals surface area contributed by atoms with Crippen LogP contribution in [0.25, 0.3) is 0 Å². The predicted molar refractivity (Wildman–Crippen MR) is 60.0 cm³/mol. The Bertz CT molecular complexity index is 220. The fourth-order valence-electron chi connectivity index (χ4n) is 3.39. The molecule has 3 rings (SSSR count). The van der Waals surface area contributed by atoms with Gasteiger partial charge in [0.2, 0.25) is 0 Å². The summed E-state index contributed by atoms with van der Waals surface area (Å²) in [5, 5.41) is 3.43. The van der Waals surface area contributed by atoms with Crippen LogP contribution in [-0.4, -0.2) is 49.3 Å². The molecule has 3 heterocycles. The van der Waals surface area contributed by atoms with Crippen molar-refractivity contribution in [3.63, 3.8) is 0 Å². The van der Waals surface area contributed by atoms with Gasteiger partial charge in [0.1, 0.15) is 0 Å². The third kappa shape index (κ3) is 1.93. The van der Waals surface area contributed by atoms with Gasteiger partial charge in [0.15, 0.2) is 0 Å². The first-order chi connectivity index (χ1) is 7.38. The van der Waals surface area contributed by atoms with Gasteiger partial charge in [-0.25, -0.2) is 0 Å². The number of piperidine rings is 1. The number of nitrogens with zero attached hydrogens (tertiary/aromatic N) is 1. The average Bonchev–Trinajstić information content (AvgIpc) is 2.88. The second kappa shape index (κ2) is 4.04. The van der Waals surface area contributed by atoms with Gasteiger partial charge in [-0.3, -0.25) is 4.90 Å². The van der Waals surface area contributed by atoms with Crippen LogP contribution in [0.4, 0.5) is 0 Å². The van der Waals surface area contributed by atoms with Crippen molar-refractivity contribution in [1.82, 2.24) is 10.2 Å². The Labute approximate surface area is 92.2 Å². The summed E-state index contributed by atoms with van der Waals surface area (Å²) in [6, 6.07) is 0.727. The molecule has 1 N–H and O–H groups in total. The number of rotatable bonds is 1. The van der Waals surface area contributed by atoms with Gasteiger partial charge in [-0.2, -0.15) is 0 Å². The van der Waals surface area contributed by atoms with Crippen LogP contribution >= 0.6 is 0 Å². The molecule has 0 aromatic rings. The van der Waals surface area contributed by atoms with Crippen LogP contribution < -0.4 is 5.32 Å². The first kappa shape index (κ1) is 10.1. The van der Waals surface area contributed by atoms with E-state index in [0.717, 1.165) is 25.7 Å². The van der Waals surface area contributed by atoms with Gasteiger partial charge < -0.3 is 10.1 Å². The molecular formula is C12H22N2O. The molecule has 1 spiro atoms. The van der Waals surface area contributed by atoms with E-state index in [1.165, 1.54) is 45.2 Å². The monoisotopic (exact) mass is 210 g/mol. The Kier molecular flexibility index (Phi) is 2.71. The number of hydrogen-bond acceptors (Lipinski definition) is 3. The number of ether oxygens (including phenoxy) is 1. The first-order valence-corrected chi connectivity index (χ1v) is 6.47. The van der Waals surface area contributed by atoms with Crippen LogP contribution in [0.1, 0.15) is 32.1 Å². The van der Waals surface area contributed by atoms with Crippen molar-refractivity contribution in [1.29, 1.82) is 0 Å². The molecule has 0 amide bonds. The zero-order valence-corrected chi connectivity index (χ0v) is 9.50. The van der Waals surface area contributed by atoms with Crippen LogP contribution in [0.2, 0.25) is 0 Å². The molecule has 15 heavy (non-hydrogen) atoms. The van der Waals surface area contributed by atoms with Crippen LogP contribution in [0.5, 0.6) is 0 Å². The summed E-state index contributed by atoms with van der Waals surface area (Å²) in [5.74, 6) is 0. The molecule has 3 aliphatic rings. The summed E-state index contributed by atoms with van der Waals surface area (Å²) in [7, 11) is 0. The van der Waals surface area contributed by atoms with E-state index in [1.807, 2.05) is 0 Å². The molecule has 3 saturated heterocycles. The zero-order chi connectivity index (χ0) is 10.1. The van der Waals surface area contributed by atoms with Crippen LogP contribution in [0.15, 0.2) is 0 Å². The summed E-state index contributed by atoms with van der Waals surface area (Å²) < 4.78 is 6.12. The molecule has 0 unspecified atom stereocenters. The topological polar surface area (TPSA) is 24.5 Å². The highest BCUT2D eigenvalue weighted by Crippen LogP contribution is 2.36. The van der Waals surface area contributed by atoms with Crippen LogP contribution in [-0.2, 0) is 4.74 Å². The maximum Gasteiger partial charge on any atom is 0.0723 e. The highest BCUT2D eigenvalue weighted by molar-refractivity contribution is 4.96. The second-order valence-corrected chi connectivity index (χ2v) is 5.35. The molecule has 0 aromatic heterocycles. The molecule has 3 fully saturated rings. The Morgan fingerprint density at radius 3 is 2.60 bits per heavy atom. The van der Waals surface area contributed by atoms with Gasteiger partial charge in [-0.15, -0.1) is 0 Å². The van der Waals surface area contributed by atoms with Gasteiger partial charge in [-0.05, 0) is 58.3 Å². The van der Waals surface area contributed by atoms with Crippen molar-refractivity contribution in [2.24, 2.45) is 0 Å². The molecule has 1 atom stereocenters. The van der Waals surface area contributed by atoms with Crippen molar-refractivity contribution in [2.75, 3.05) is 32.8 Å².